The predicted octanol–water partition coefficient (Wildman–Crippen LogP) is 2.58. The smallest absolute Gasteiger partial charge is 0.128 e. The van der Waals surface area contributed by atoms with Crippen LogP contribution in [-0.4, -0.2) is 18.1 Å². The molecule has 1 aromatic rings. The molecule has 1 aromatic heterocycles. The number of nitrogens with zero attached hydrogens (tertiary/aromatic N) is 2. The maximum atomic E-state index is 5.72. The highest BCUT2D eigenvalue weighted by atomic mass is 35.5. The monoisotopic (exact) mass is 184 g/mol. The van der Waals surface area contributed by atoms with E-state index in [0.717, 1.165) is 18.9 Å². The Morgan fingerprint density at radius 1 is 1.33 bits per heavy atom. The number of rotatable bonds is 3. The highest BCUT2D eigenvalue weighted by Gasteiger charge is 2.01. The van der Waals surface area contributed by atoms with Crippen LogP contribution in [0.3, 0.4) is 0 Å². The van der Waals surface area contributed by atoms with Gasteiger partial charge in [0.1, 0.15) is 5.82 Å². The molecule has 66 valence electrons. The first-order valence-corrected chi connectivity index (χ1v) is 4.52. The molecule has 0 atom stereocenters. The van der Waals surface area contributed by atoms with Gasteiger partial charge in [-0.15, -0.1) is 0 Å². The van der Waals surface area contributed by atoms with Crippen LogP contribution in [0.25, 0.3) is 0 Å². The van der Waals surface area contributed by atoms with Gasteiger partial charge in [-0.05, 0) is 26.0 Å². The zero-order valence-electron chi connectivity index (χ0n) is 7.42. The number of hydrogen-bond acceptors (Lipinski definition) is 2. The third kappa shape index (κ3) is 2.11. The van der Waals surface area contributed by atoms with E-state index in [1.54, 1.807) is 6.20 Å². The quantitative estimate of drug-likeness (QED) is 0.718. The molecule has 12 heavy (non-hydrogen) atoms. The van der Waals surface area contributed by atoms with Gasteiger partial charge in [-0.3, -0.25) is 0 Å². The standard InChI is InChI=1S/C9H13ClN2/c1-3-12(4-2)9-6-5-8(10)7-11-9/h5-7H,3-4H2,1-2H3. The van der Waals surface area contributed by atoms with Crippen molar-refractivity contribution in [1.82, 2.24) is 4.98 Å². The lowest BCUT2D eigenvalue weighted by Crippen LogP contribution is -2.22. The summed E-state index contributed by atoms with van der Waals surface area (Å²) in [6.07, 6.45) is 1.68. The fourth-order valence-corrected chi connectivity index (χ4v) is 1.21. The summed E-state index contributed by atoms with van der Waals surface area (Å²) >= 11 is 5.72. The Hall–Kier alpha value is -0.760. The van der Waals surface area contributed by atoms with Gasteiger partial charge in [-0.1, -0.05) is 11.6 Å². The molecule has 0 aliphatic carbocycles. The fraction of sp³-hybridized carbons (Fsp3) is 0.444. The Labute approximate surface area is 78.2 Å². The minimum Gasteiger partial charge on any atom is -0.357 e. The van der Waals surface area contributed by atoms with E-state index in [4.69, 9.17) is 11.6 Å². The summed E-state index contributed by atoms with van der Waals surface area (Å²) in [5, 5.41) is 0.686. The number of pyridine rings is 1. The van der Waals surface area contributed by atoms with E-state index in [-0.39, 0.29) is 0 Å². The van der Waals surface area contributed by atoms with Gasteiger partial charge in [-0.2, -0.15) is 0 Å². The Balaban J connectivity index is 2.80. The van der Waals surface area contributed by atoms with Crippen LogP contribution in [0.2, 0.25) is 5.02 Å². The molecule has 0 aromatic carbocycles. The number of halogens is 1. The molecule has 3 heteroatoms. The highest BCUT2D eigenvalue weighted by Crippen LogP contribution is 2.13. The zero-order valence-corrected chi connectivity index (χ0v) is 8.17. The Bertz CT molecular complexity index is 229. The lowest BCUT2D eigenvalue weighted by molar-refractivity contribution is 0.846. The van der Waals surface area contributed by atoms with Gasteiger partial charge in [0.15, 0.2) is 0 Å². The van der Waals surface area contributed by atoms with Crippen molar-refractivity contribution >= 4 is 17.4 Å². The second kappa shape index (κ2) is 4.31. The topological polar surface area (TPSA) is 16.1 Å². The molecule has 0 bridgehead atoms. The summed E-state index contributed by atoms with van der Waals surface area (Å²) in [5.41, 5.74) is 0. The van der Waals surface area contributed by atoms with Crippen molar-refractivity contribution in [2.45, 2.75) is 13.8 Å². The molecule has 0 saturated carbocycles. The molecule has 0 spiro atoms. The van der Waals surface area contributed by atoms with E-state index >= 15 is 0 Å². The third-order valence-electron chi connectivity index (χ3n) is 1.80. The average molecular weight is 185 g/mol. The van der Waals surface area contributed by atoms with Crippen LogP contribution in [0.5, 0.6) is 0 Å². The second-order valence-corrected chi connectivity index (χ2v) is 2.94. The van der Waals surface area contributed by atoms with Gasteiger partial charge in [-0.25, -0.2) is 4.98 Å². The lowest BCUT2D eigenvalue weighted by Gasteiger charge is -2.19. The van der Waals surface area contributed by atoms with Crippen molar-refractivity contribution in [3.63, 3.8) is 0 Å². The van der Waals surface area contributed by atoms with Crippen molar-refractivity contribution in [3.8, 4) is 0 Å². The van der Waals surface area contributed by atoms with Crippen molar-refractivity contribution in [2.24, 2.45) is 0 Å². The number of anilines is 1. The van der Waals surface area contributed by atoms with E-state index in [1.807, 2.05) is 12.1 Å². The maximum absolute atomic E-state index is 5.72. The summed E-state index contributed by atoms with van der Waals surface area (Å²) in [5.74, 6) is 0.990. The van der Waals surface area contributed by atoms with Crippen LogP contribution < -0.4 is 4.90 Å². The number of hydrogen-bond donors (Lipinski definition) is 0. The molecule has 0 N–H and O–H groups in total. The van der Waals surface area contributed by atoms with Gasteiger partial charge in [0.05, 0.1) is 5.02 Å². The molecular formula is C9H13ClN2. The summed E-state index contributed by atoms with van der Waals surface area (Å²) in [7, 11) is 0. The van der Waals surface area contributed by atoms with Gasteiger partial charge >= 0.3 is 0 Å². The first kappa shape index (κ1) is 9.33. The largest absolute Gasteiger partial charge is 0.357 e. The van der Waals surface area contributed by atoms with E-state index in [0.29, 0.717) is 5.02 Å². The van der Waals surface area contributed by atoms with Crippen LogP contribution in [0.4, 0.5) is 5.82 Å². The van der Waals surface area contributed by atoms with Crippen molar-refractivity contribution < 1.29 is 0 Å². The molecule has 0 amide bonds. The first-order valence-electron chi connectivity index (χ1n) is 4.14. The van der Waals surface area contributed by atoms with Crippen molar-refractivity contribution in [3.05, 3.63) is 23.4 Å². The predicted molar refractivity (Wildman–Crippen MR) is 52.8 cm³/mol. The average Bonchev–Trinajstić information content (AvgIpc) is 2.10. The molecular weight excluding hydrogens is 172 g/mol. The maximum Gasteiger partial charge on any atom is 0.128 e. The Morgan fingerprint density at radius 3 is 2.42 bits per heavy atom. The molecule has 0 aliphatic rings. The van der Waals surface area contributed by atoms with Crippen LogP contribution in [-0.2, 0) is 0 Å². The highest BCUT2D eigenvalue weighted by molar-refractivity contribution is 6.30. The van der Waals surface area contributed by atoms with Crippen LogP contribution in [0, 0.1) is 0 Å². The van der Waals surface area contributed by atoms with E-state index in [1.165, 1.54) is 0 Å². The Kier molecular flexibility index (Phi) is 3.35. The number of aromatic nitrogens is 1. The van der Waals surface area contributed by atoms with Gasteiger partial charge in [0, 0.05) is 19.3 Å². The molecule has 2 nitrogen and oxygen atoms in total. The molecule has 0 radical (unpaired) electrons. The normalized spacial score (nSPS) is 9.92. The first-order chi connectivity index (χ1) is 5.77. The Morgan fingerprint density at radius 2 is 2.00 bits per heavy atom. The molecule has 0 saturated heterocycles. The molecule has 0 unspecified atom stereocenters. The third-order valence-corrected chi connectivity index (χ3v) is 2.02. The van der Waals surface area contributed by atoms with Crippen LogP contribution >= 0.6 is 11.6 Å². The minimum atomic E-state index is 0.686. The fourth-order valence-electron chi connectivity index (χ4n) is 1.10. The SMILES string of the molecule is CCN(CC)c1ccc(Cl)cn1. The van der Waals surface area contributed by atoms with Crippen LogP contribution in [0.1, 0.15) is 13.8 Å². The van der Waals surface area contributed by atoms with Crippen molar-refractivity contribution in [1.29, 1.82) is 0 Å². The summed E-state index contributed by atoms with van der Waals surface area (Å²) < 4.78 is 0. The van der Waals surface area contributed by atoms with E-state index in [9.17, 15) is 0 Å². The van der Waals surface area contributed by atoms with E-state index < -0.39 is 0 Å². The van der Waals surface area contributed by atoms with Crippen LogP contribution in [0.15, 0.2) is 18.3 Å². The zero-order chi connectivity index (χ0) is 8.97. The lowest BCUT2D eigenvalue weighted by atomic mass is 10.4. The molecule has 0 fully saturated rings. The van der Waals surface area contributed by atoms with Gasteiger partial charge in [0.25, 0.3) is 0 Å². The van der Waals surface area contributed by atoms with Crippen molar-refractivity contribution in [2.75, 3.05) is 18.0 Å². The van der Waals surface area contributed by atoms with Gasteiger partial charge in [0.2, 0.25) is 0 Å². The van der Waals surface area contributed by atoms with E-state index in [2.05, 4.69) is 23.7 Å². The summed E-state index contributed by atoms with van der Waals surface area (Å²) in [6, 6.07) is 3.80. The molecule has 1 heterocycles. The van der Waals surface area contributed by atoms with Gasteiger partial charge < -0.3 is 4.90 Å². The molecule has 1 rings (SSSR count). The minimum absolute atomic E-state index is 0.686. The summed E-state index contributed by atoms with van der Waals surface area (Å²) in [6.45, 7) is 6.18. The molecule has 0 aliphatic heterocycles. The summed E-state index contributed by atoms with van der Waals surface area (Å²) in [4.78, 5) is 6.39. The second-order valence-electron chi connectivity index (χ2n) is 2.51.